The second-order valence-electron chi connectivity index (χ2n) is 6.21. The molecule has 1 amide bonds. The molecule has 26 heavy (non-hydrogen) atoms. The first-order chi connectivity index (χ1) is 12.7. The fraction of sp³-hybridized carbons (Fsp3) is 0.368. The van der Waals surface area contributed by atoms with E-state index < -0.39 is 0 Å². The molecule has 138 valence electrons. The molecule has 0 radical (unpaired) electrons. The number of aromatic nitrogens is 1. The molecule has 0 spiro atoms. The number of halogens is 1. The molecule has 1 aliphatic heterocycles. The fourth-order valence-corrected chi connectivity index (χ4v) is 3.35. The lowest BCUT2D eigenvalue weighted by atomic mass is 10.1. The molecule has 0 saturated carbocycles. The van der Waals surface area contributed by atoms with E-state index in [2.05, 4.69) is 20.5 Å². The number of hydrogen-bond acceptors (Lipinski definition) is 5. The number of piperazine rings is 1. The maximum absolute atomic E-state index is 12.5. The average molecular weight is 375 g/mol. The van der Waals surface area contributed by atoms with Crippen LogP contribution in [0.15, 0.2) is 42.7 Å². The van der Waals surface area contributed by atoms with Gasteiger partial charge in [-0.05, 0) is 29.8 Å². The largest absolute Gasteiger partial charge is 0.496 e. The number of pyridine rings is 1. The Hall–Kier alpha value is -2.15. The van der Waals surface area contributed by atoms with Crippen molar-refractivity contribution in [1.29, 1.82) is 0 Å². The number of methoxy groups -OCH3 is 1. The van der Waals surface area contributed by atoms with Gasteiger partial charge in [-0.2, -0.15) is 0 Å². The molecule has 7 heteroatoms. The van der Waals surface area contributed by atoms with Gasteiger partial charge in [0.2, 0.25) is 5.91 Å². The molecule has 6 nitrogen and oxygen atoms in total. The van der Waals surface area contributed by atoms with Crippen molar-refractivity contribution >= 4 is 17.5 Å². The van der Waals surface area contributed by atoms with Crippen LogP contribution in [0.25, 0.3) is 0 Å². The lowest BCUT2D eigenvalue weighted by Crippen LogP contribution is -2.49. The number of amides is 1. The summed E-state index contributed by atoms with van der Waals surface area (Å²) in [5, 5.41) is 6.97. The van der Waals surface area contributed by atoms with Crippen molar-refractivity contribution in [3.63, 3.8) is 0 Å². The fourth-order valence-electron chi connectivity index (χ4n) is 3.16. The highest BCUT2D eigenvalue weighted by atomic mass is 35.5. The Labute approximate surface area is 158 Å². The molecule has 2 aromatic rings. The van der Waals surface area contributed by atoms with Crippen LogP contribution in [-0.4, -0.2) is 49.1 Å². The van der Waals surface area contributed by atoms with Gasteiger partial charge in [-0.15, -0.1) is 0 Å². The van der Waals surface area contributed by atoms with Crippen molar-refractivity contribution in [3.05, 3.63) is 58.9 Å². The van der Waals surface area contributed by atoms with Gasteiger partial charge in [0.15, 0.2) is 0 Å². The zero-order valence-corrected chi connectivity index (χ0v) is 15.5. The van der Waals surface area contributed by atoms with Crippen molar-refractivity contribution in [2.24, 2.45) is 0 Å². The SMILES string of the molecule is COc1ccc(Cl)cc1CNC(=O)CN1CCNCC1c1cccnc1. The summed E-state index contributed by atoms with van der Waals surface area (Å²) >= 11 is 6.04. The summed E-state index contributed by atoms with van der Waals surface area (Å²) in [6.07, 6.45) is 3.62. The van der Waals surface area contributed by atoms with Gasteiger partial charge in [-0.1, -0.05) is 17.7 Å². The highest BCUT2D eigenvalue weighted by Crippen LogP contribution is 2.23. The zero-order valence-electron chi connectivity index (χ0n) is 14.7. The first-order valence-electron chi connectivity index (χ1n) is 8.61. The topological polar surface area (TPSA) is 66.5 Å². The van der Waals surface area contributed by atoms with Crippen molar-refractivity contribution in [1.82, 2.24) is 20.5 Å². The van der Waals surface area contributed by atoms with Crippen LogP contribution in [0.2, 0.25) is 5.02 Å². The summed E-state index contributed by atoms with van der Waals surface area (Å²) in [5.74, 6) is 0.688. The third-order valence-electron chi connectivity index (χ3n) is 4.49. The van der Waals surface area contributed by atoms with Crippen molar-refractivity contribution in [2.75, 3.05) is 33.3 Å². The molecular weight excluding hydrogens is 352 g/mol. The van der Waals surface area contributed by atoms with E-state index in [4.69, 9.17) is 16.3 Å². The maximum atomic E-state index is 12.5. The molecule has 1 unspecified atom stereocenters. The van der Waals surface area contributed by atoms with Crippen LogP contribution < -0.4 is 15.4 Å². The third kappa shape index (κ3) is 4.72. The van der Waals surface area contributed by atoms with Gasteiger partial charge >= 0.3 is 0 Å². The van der Waals surface area contributed by atoms with Gasteiger partial charge in [-0.3, -0.25) is 14.7 Å². The number of benzene rings is 1. The Bertz CT molecular complexity index is 742. The molecule has 2 N–H and O–H groups in total. The predicted octanol–water partition coefficient (Wildman–Crippen LogP) is 2.01. The summed E-state index contributed by atoms with van der Waals surface area (Å²) in [6.45, 7) is 3.21. The summed E-state index contributed by atoms with van der Waals surface area (Å²) < 4.78 is 5.32. The minimum atomic E-state index is -0.0252. The van der Waals surface area contributed by atoms with Gasteiger partial charge in [-0.25, -0.2) is 0 Å². The Kier molecular flexibility index (Phi) is 6.44. The van der Waals surface area contributed by atoms with Crippen LogP contribution >= 0.6 is 11.6 Å². The summed E-state index contributed by atoms with van der Waals surface area (Å²) in [4.78, 5) is 18.9. The smallest absolute Gasteiger partial charge is 0.234 e. The first kappa shape index (κ1) is 18.6. The third-order valence-corrected chi connectivity index (χ3v) is 4.72. The van der Waals surface area contributed by atoms with E-state index in [9.17, 15) is 4.79 Å². The second-order valence-corrected chi connectivity index (χ2v) is 6.65. The molecule has 3 rings (SSSR count). The van der Waals surface area contributed by atoms with Gasteiger partial charge in [0, 0.05) is 55.2 Å². The first-order valence-corrected chi connectivity index (χ1v) is 8.99. The molecular formula is C19H23ClN4O2. The van der Waals surface area contributed by atoms with E-state index in [-0.39, 0.29) is 11.9 Å². The average Bonchev–Trinajstić information content (AvgIpc) is 2.67. The summed E-state index contributed by atoms with van der Waals surface area (Å²) in [7, 11) is 1.60. The van der Waals surface area contributed by atoms with Gasteiger partial charge in [0.25, 0.3) is 0 Å². The number of ether oxygens (including phenoxy) is 1. The van der Waals surface area contributed by atoms with Crippen molar-refractivity contribution in [2.45, 2.75) is 12.6 Å². The lowest BCUT2D eigenvalue weighted by molar-refractivity contribution is -0.123. The van der Waals surface area contributed by atoms with Crippen LogP contribution in [0, 0.1) is 0 Å². The van der Waals surface area contributed by atoms with E-state index in [1.165, 1.54) is 0 Å². The Morgan fingerprint density at radius 1 is 1.46 bits per heavy atom. The molecule has 1 fully saturated rings. The normalized spacial score (nSPS) is 17.7. The summed E-state index contributed by atoms with van der Waals surface area (Å²) in [6, 6.07) is 9.50. The maximum Gasteiger partial charge on any atom is 0.234 e. The quantitative estimate of drug-likeness (QED) is 0.809. The minimum absolute atomic E-state index is 0.0252. The number of hydrogen-bond donors (Lipinski definition) is 2. The van der Waals surface area contributed by atoms with Crippen molar-refractivity contribution in [3.8, 4) is 5.75 Å². The second kappa shape index (κ2) is 8.98. The van der Waals surface area contributed by atoms with Crippen LogP contribution in [0.5, 0.6) is 5.75 Å². The van der Waals surface area contributed by atoms with Gasteiger partial charge < -0.3 is 15.4 Å². The molecule has 1 saturated heterocycles. The Balaban J connectivity index is 1.61. The molecule has 2 heterocycles. The van der Waals surface area contributed by atoms with E-state index in [0.717, 1.165) is 30.8 Å². The molecule has 1 aromatic heterocycles. The Morgan fingerprint density at radius 3 is 3.12 bits per heavy atom. The summed E-state index contributed by atoms with van der Waals surface area (Å²) in [5.41, 5.74) is 1.97. The van der Waals surface area contributed by atoms with E-state index in [1.54, 1.807) is 25.4 Å². The monoisotopic (exact) mass is 374 g/mol. The van der Waals surface area contributed by atoms with Gasteiger partial charge in [0.1, 0.15) is 5.75 Å². The van der Waals surface area contributed by atoms with Crippen LogP contribution in [0.3, 0.4) is 0 Å². The number of nitrogens with one attached hydrogen (secondary N) is 2. The number of nitrogens with zero attached hydrogens (tertiary/aromatic N) is 2. The standard InChI is InChI=1S/C19H23ClN4O2/c1-26-18-5-4-16(20)9-15(18)11-23-19(25)13-24-8-7-22-12-17(24)14-3-2-6-21-10-14/h2-6,9-10,17,22H,7-8,11-13H2,1H3,(H,23,25). The molecule has 0 aliphatic carbocycles. The zero-order chi connectivity index (χ0) is 18.4. The van der Waals surface area contributed by atoms with Crippen molar-refractivity contribution < 1.29 is 9.53 Å². The Morgan fingerprint density at radius 2 is 2.35 bits per heavy atom. The number of carbonyl (C=O) groups is 1. The molecule has 0 bridgehead atoms. The number of rotatable bonds is 6. The molecule has 1 atom stereocenters. The van der Waals surface area contributed by atoms with E-state index in [0.29, 0.717) is 23.9 Å². The van der Waals surface area contributed by atoms with E-state index >= 15 is 0 Å². The lowest BCUT2D eigenvalue weighted by Gasteiger charge is -2.35. The van der Waals surface area contributed by atoms with E-state index in [1.807, 2.05) is 24.4 Å². The highest BCUT2D eigenvalue weighted by molar-refractivity contribution is 6.30. The molecule has 1 aromatic carbocycles. The predicted molar refractivity (Wildman–Crippen MR) is 101 cm³/mol. The highest BCUT2D eigenvalue weighted by Gasteiger charge is 2.25. The minimum Gasteiger partial charge on any atom is -0.496 e. The molecule has 1 aliphatic rings. The van der Waals surface area contributed by atoms with Crippen LogP contribution in [0.1, 0.15) is 17.2 Å². The van der Waals surface area contributed by atoms with Crippen LogP contribution in [-0.2, 0) is 11.3 Å². The van der Waals surface area contributed by atoms with Gasteiger partial charge in [0.05, 0.1) is 13.7 Å². The van der Waals surface area contributed by atoms with Crippen LogP contribution in [0.4, 0.5) is 0 Å². The number of carbonyl (C=O) groups excluding carboxylic acids is 1.